The zero-order chi connectivity index (χ0) is 45.7. The number of urea groups is 2. The van der Waals surface area contributed by atoms with Gasteiger partial charge in [-0.1, -0.05) is 44.4 Å². The molecule has 23 heteroatoms. The van der Waals surface area contributed by atoms with Gasteiger partial charge in [-0.25, -0.2) is 41.9 Å². The molecule has 0 aliphatic carbocycles. The summed E-state index contributed by atoms with van der Waals surface area (Å²) < 4.78 is 107. The predicted octanol–water partition coefficient (Wildman–Crippen LogP) is 6.83. The highest BCUT2D eigenvalue weighted by Crippen LogP contribution is 2.38. The number of nitrogens with one attached hydrogen (secondary N) is 3. The summed E-state index contributed by atoms with van der Waals surface area (Å²) in [4.78, 5) is 48.2. The number of nitrogens with zero attached hydrogens (tertiary/aromatic N) is 9. The van der Waals surface area contributed by atoms with Gasteiger partial charge >= 0.3 is 24.4 Å². The van der Waals surface area contributed by atoms with E-state index in [0.29, 0.717) is 42.9 Å². The number of carbonyl (C=O) groups excluding carboxylic acids is 2. The fourth-order valence-corrected chi connectivity index (χ4v) is 10.0. The predicted molar refractivity (Wildman–Crippen MR) is 222 cm³/mol. The molecule has 2 fully saturated rings. The monoisotopic (exact) mass is 914 g/mol. The summed E-state index contributed by atoms with van der Waals surface area (Å²) in [6.07, 6.45) is 2.41. The van der Waals surface area contributed by atoms with E-state index in [1.54, 1.807) is 55.1 Å². The molecule has 2 saturated heterocycles. The maximum absolute atomic E-state index is 13.4. The topological polar surface area (TPSA) is 180 Å². The number of hydrogen-bond acceptors (Lipinski definition) is 8. The highest BCUT2D eigenvalue weighted by atomic mass is 32.2. The fourth-order valence-electron chi connectivity index (χ4n) is 8.73. The smallest absolute Gasteiger partial charge is 0.345 e. The van der Waals surface area contributed by atoms with E-state index in [4.69, 9.17) is 0 Å². The summed E-state index contributed by atoms with van der Waals surface area (Å²) in [6.45, 7) is 4.41. The third-order valence-corrected chi connectivity index (χ3v) is 13.6. The number of imidazole rings is 2. The first-order valence-electron chi connectivity index (χ1n) is 20.5. The Morgan fingerprint density at radius 1 is 0.703 bits per heavy atom. The molecule has 3 N–H and O–H groups in total. The van der Waals surface area contributed by atoms with Gasteiger partial charge in [0.05, 0.1) is 28.3 Å². The van der Waals surface area contributed by atoms with Crippen LogP contribution in [-0.2, 0) is 10.0 Å². The minimum atomic E-state index is -4.49. The van der Waals surface area contributed by atoms with Crippen molar-refractivity contribution in [3.05, 3.63) is 90.5 Å². The van der Waals surface area contributed by atoms with E-state index >= 15 is 0 Å². The second-order valence-corrected chi connectivity index (χ2v) is 17.8. The molecule has 0 bridgehead atoms. The molecule has 64 heavy (non-hydrogen) atoms. The third-order valence-electron chi connectivity index (χ3n) is 12.0. The summed E-state index contributed by atoms with van der Waals surface area (Å²) in [7, 11) is -3.91. The molecule has 0 saturated carbocycles. The Morgan fingerprint density at radius 2 is 1.22 bits per heavy atom. The van der Waals surface area contributed by atoms with Gasteiger partial charge in [-0.05, 0) is 43.0 Å². The van der Waals surface area contributed by atoms with Crippen LogP contribution in [0.2, 0.25) is 0 Å². The molecule has 1 aromatic carbocycles. The first kappa shape index (κ1) is 44.2. The van der Waals surface area contributed by atoms with Gasteiger partial charge in [-0.2, -0.15) is 26.3 Å². The molecule has 4 atom stereocenters. The highest BCUT2D eigenvalue weighted by molar-refractivity contribution is 7.90. The molecule has 340 valence electrons. The number of carbonyl (C=O) groups is 2. The Balaban J connectivity index is 0.000000184. The van der Waals surface area contributed by atoms with Crippen LogP contribution >= 0.6 is 0 Å². The number of benzene rings is 1. The molecule has 4 amide bonds. The highest BCUT2D eigenvalue weighted by Gasteiger charge is 2.40. The summed E-state index contributed by atoms with van der Waals surface area (Å²) >= 11 is 0. The molecule has 0 spiro atoms. The Kier molecular flexibility index (Phi) is 11.7. The number of likely N-dealkylation sites (tertiary alicyclic amines) is 2. The normalized spacial score (nSPS) is 19.5. The van der Waals surface area contributed by atoms with E-state index in [2.05, 4.69) is 24.9 Å². The van der Waals surface area contributed by atoms with Crippen molar-refractivity contribution in [3.8, 4) is 0 Å². The lowest BCUT2D eigenvalue weighted by Crippen LogP contribution is -2.42. The second-order valence-electron chi connectivity index (χ2n) is 16.0. The number of halogens is 6. The largest absolute Gasteiger partial charge is 0.405 e. The first-order valence-corrected chi connectivity index (χ1v) is 21.9. The van der Waals surface area contributed by atoms with Gasteiger partial charge < -0.3 is 25.4 Å². The van der Waals surface area contributed by atoms with E-state index in [0.717, 1.165) is 38.5 Å². The Hall–Kier alpha value is -6.39. The van der Waals surface area contributed by atoms with Crippen molar-refractivity contribution in [1.82, 2.24) is 58.1 Å². The summed E-state index contributed by atoms with van der Waals surface area (Å²) in [5.41, 5.74) is 6.17. The standard InChI is InChI=1S/C24H25F3N6O3S.C17H19F3N6O/c1-3-16-12-31(23(34)30-14-24(25,26)27)13-18(16)20-10-28-21-11-29-22-19(33(20)21)8-9-32(22)37(35,36)17-6-4-15(2)5-7-17;1-2-10-7-25(16(27)24-9-17(18,19)20)8-11(10)13-5-22-14-6-23-15-12(26(13)14)3-4-21-15/h4-11,16,18H,3,12-14H2,1-2H3,(H,30,34);3-6,10-11,21H,2,7-9H2,1H3,(H,24,27)/t16-,18+;10-,11+/m11/s1. The second kappa shape index (κ2) is 17.0. The van der Waals surface area contributed by atoms with Crippen LogP contribution in [-0.4, -0.2) is 120 Å². The van der Waals surface area contributed by atoms with Crippen molar-refractivity contribution in [2.75, 3.05) is 39.3 Å². The summed E-state index contributed by atoms with van der Waals surface area (Å²) in [6, 6.07) is 8.63. The number of hydrogen-bond donors (Lipinski definition) is 3. The average Bonchev–Trinajstić information content (AvgIpc) is 4.10. The molecular weight excluding hydrogens is 871 g/mol. The van der Waals surface area contributed by atoms with Crippen LogP contribution < -0.4 is 10.6 Å². The first-order chi connectivity index (χ1) is 30.4. The van der Waals surface area contributed by atoms with Gasteiger partial charge in [0, 0.05) is 74.2 Å². The summed E-state index contributed by atoms with van der Waals surface area (Å²) in [5.74, 6) is -0.0942. The van der Waals surface area contributed by atoms with Crippen LogP contribution in [0.15, 0.2) is 78.5 Å². The van der Waals surface area contributed by atoms with Crippen LogP contribution in [0.4, 0.5) is 35.9 Å². The van der Waals surface area contributed by atoms with E-state index < -0.39 is 47.5 Å². The van der Waals surface area contributed by atoms with E-state index in [1.165, 1.54) is 22.2 Å². The number of H-pyrrole nitrogens is 1. The molecular formula is C41H44F6N12O4S. The van der Waals surface area contributed by atoms with E-state index in [9.17, 15) is 44.3 Å². The van der Waals surface area contributed by atoms with Gasteiger partial charge in [-0.3, -0.25) is 8.80 Å². The van der Waals surface area contributed by atoms with Crippen LogP contribution in [0.25, 0.3) is 33.6 Å². The van der Waals surface area contributed by atoms with Crippen LogP contribution in [0, 0.1) is 18.8 Å². The van der Waals surface area contributed by atoms with Crippen molar-refractivity contribution < 1.29 is 44.3 Å². The lowest BCUT2D eigenvalue weighted by atomic mass is 9.91. The minimum absolute atomic E-state index is 0.0119. The lowest BCUT2D eigenvalue weighted by Gasteiger charge is -2.18. The number of alkyl halides is 6. The molecule has 0 unspecified atom stereocenters. The number of aryl methyl sites for hydroxylation is 1. The van der Waals surface area contributed by atoms with E-state index in [1.807, 2.05) is 46.3 Å². The van der Waals surface area contributed by atoms with Crippen molar-refractivity contribution >= 4 is 55.7 Å². The average molecular weight is 915 g/mol. The Bertz CT molecular complexity index is 2940. The van der Waals surface area contributed by atoms with Gasteiger partial charge in [0.2, 0.25) is 0 Å². The zero-order valence-electron chi connectivity index (χ0n) is 34.7. The number of amides is 4. The van der Waals surface area contributed by atoms with Crippen molar-refractivity contribution in [3.63, 3.8) is 0 Å². The Morgan fingerprint density at radius 3 is 1.73 bits per heavy atom. The SMILES string of the molecule is CC[C@@H]1CN(C(=O)NCC(F)(F)F)C[C@@H]1c1cnc2cnc3[nH]ccc3n12.CC[C@@H]1CN(C(=O)NCC(F)(F)F)C[C@@H]1c1cnc2cnc3c(ccn3S(=O)(=O)c3ccc(C)cc3)n12. The molecule has 0 radical (unpaired) electrons. The van der Waals surface area contributed by atoms with Gasteiger partial charge in [0.15, 0.2) is 22.6 Å². The number of aromatic amines is 1. The molecule has 9 rings (SSSR count). The van der Waals surface area contributed by atoms with Gasteiger partial charge in [0.25, 0.3) is 10.0 Å². The number of fused-ring (bicyclic) bond motifs is 6. The lowest BCUT2D eigenvalue weighted by molar-refractivity contribution is -0.123. The summed E-state index contributed by atoms with van der Waals surface area (Å²) in [5, 5.41) is 3.90. The minimum Gasteiger partial charge on any atom is -0.345 e. The van der Waals surface area contributed by atoms with Gasteiger partial charge in [0.1, 0.15) is 13.1 Å². The number of rotatable bonds is 8. The van der Waals surface area contributed by atoms with Crippen LogP contribution in [0.1, 0.15) is 55.5 Å². The molecule has 7 aromatic rings. The van der Waals surface area contributed by atoms with Crippen LogP contribution in [0.5, 0.6) is 0 Å². The fraction of sp³-hybridized carbons (Fsp3) is 0.415. The van der Waals surface area contributed by atoms with Crippen LogP contribution in [0.3, 0.4) is 0 Å². The molecule has 2 aliphatic rings. The quantitative estimate of drug-likeness (QED) is 0.139. The van der Waals surface area contributed by atoms with Gasteiger partial charge in [-0.15, -0.1) is 0 Å². The third kappa shape index (κ3) is 8.63. The zero-order valence-corrected chi connectivity index (χ0v) is 35.5. The number of aromatic nitrogens is 8. The van der Waals surface area contributed by atoms with Crippen molar-refractivity contribution in [2.24, 2.45) is 11.8 Å². The van der Waals surface area contributed by atoms with Crippen molar-refractivity contribution in [2.45, 2.75) is 62.7 Å². The molecule has 6 aromatic heterocycles. The van der Waals surface area contributed by atoms with E-state index in [-0.39, 0.29) is 40.8 Å². The van der Waals surface area contributed by atoms with Crippen molar-refractivity contribution in [1.29, 1.82) is 0 Å². The Labute approximate surface area is 361 Å². The molecule has 8 heterocycles. The maximum Gasteiger partial charge on any atom is 0.405 e. The molecule has 2 aliphatic heterocycles. The maximum atomic E-state index is 13.4. The molecule has 16 nitrogen and oxygen atoms in total.